The Bertz CT molecular complexity index is 562. The van der Waals surface area contributed by atoms with Gasteiger partial charge in [-0.25, -0.2) is 13.1 Å². The number of hydrogen-bond donors (Lipinski definition) is 1. The van der Waals surface area contributed by atoms with Gasteiger partial charge in [0.05, 0.1) is 4.90 Å². The maximum Gasteiger partial charge on any atom is 0.241 e. The Morgan fingerprint density at radius 3 is 2.30 bits per heavy atom. The van der Waals surface area contributed by atoms with Crippen molar-refractivity contribution in [3.05, 3.63) is 29.3 Å². The predicted octanol–water partition coefficient (Wildman–Crippen LogP) is 3.78. The molecule has 1 aromatic rings. The van der Waals surface area contributed by atoms with Crippen molar-refractivity contribution < 1.29 is 8.42 Å². The summed E-state index contributed by atoms with van der Waals surface area (Å²) in [7, 11) is -3.48. The van der Waals surface area contributed by atoms with Gasteiger partial charge in [-0.2, -0.15) is 0 Å². The van der Waals surface area contributed by atoms with Crippen molar-refractivity contribution in [3.8, 4) is 0 Å². The Morgan fingerprint density at radius 1 is 1.25 bits per heavy atom. The first-order chi connectivity index (χ1) is 9.08. The number of sulfonamides is 1. The van der Waals surface area contributed by atoms with E-state index in [-0.39, 0.29) is 11.5 Å². The summed E-state index contributed by atoms with van der Waals surface area (Å²) in [6.45, 7) is 9.93. The van der Waals surface area contributed by atoms with Crippen LogP contribution in [0.15, 0.2) is 23.1 Å². The second kappa shape index (κ2) is 6.58. The Labute approximate surface area is 131 Å². The Hall–Kier alpha value is -0.390. The summed E-state index contributed by atoms with van der Waals surface area (Å²) in [6.07, 6.45) is 0.758. The van der Waals surface area contributed by atoms with Crippen molar-refractivity contribution in [1.82, 2.24) is 4.72 Å². The van der Waals surface area contributed by atoms with E-state index in [4.69, 9.17) is 0 Å². The number of benzene rings is 1. The number of aryl methyl sites for hydroxylation is 2. The maximum atomic E-state index is 12.6. The third-order valence-corrected chi connectivity index (χ3v) is 5.45. The normalized spacial score (nSPS) is 14.3. The van der Waals surface area contributed by atoms with Gasteiger partial charge in [0.25, 0.3) is 0 Å². The minimum Gasteiger partial charge on any atom is -0.208 e. The van der Waals surface area contributed by atoms with Crippen LogP contribution in [0.2, 0.25) is 0 Å². The molecule has 0 aliphatic carbocycles. The second-order valence-electron chi connectivity index (χ2n) is 6.29. The average molecular weight is 362 g/mol. The molecule has 1 unspecified atom stereocenters. The number of halogens is 1. The van der Waals surface area contributed by atoms with Gasteiger partial charge in [0, 0.05) is 11.4 Å². The topological polar surface area (TPSA) is 46.2 Å². The molecular weight excluding hydrogens is 338 g/mol. The zero-order valence-electron chi connectivity index (χ0n) is 12.8. The van der Waals surface area contributed by atoms with Crippen molar-refractivity contribution >= 4 is 26.0 Å². The molecule has 0 heterocycles. The van der Waals surface area contributed by atoms with Crippen LogP contribution in [0.25, 0.3) is 0 Å². The Kier molecular flexibility index (Phi) is 5.81. The predicted molar refractivity (Wildman–Crippen MR) is 87.9 cm³/mol. The smallest absolute Gasteiger partial charge is 0.208 e. The van der Waals surface area contributed by atoms with E-state index >= 15 is 0 Å². The van der Waals surface area contributed by atoms with Gasteiger partial charge in [-0.05, 0) is 37.3 Å². The van der Waals surface area contributed by atoms with E-state index in [1.165, 1.54) is 0 Å². The molecule has 0 saturated heterocycles. The van der Waals surface area contributed by atoms with Crippen LogP contribution in [0.5, 0.6) is 0 Å². The molecule has 1 rings (SSSR count). The summed E-state index contributed by atoms with van der Waals surface area (Å²) >= 11 is 3.40. The van der Waals surface area contributed by atoms with Crippen LogP contribution in [0, 0.1) is 19.3 Å². The molecule has 1 N–H and O–H groups in total. The molecule has 5 heteroatoms. The highest BCUT2D eigenvalue weighted by atomic mass is 79.9. The third-order valence-electron chi connectivity index (χ3n) is 3.36. The fourth-order valence-electron chi connectivity index (χ4n) is 2.13. The van der Waals surface area contributed by atoms with E-state index < -0.39 is 10.0 Å². The van der Waals surface area contributed by atoms with Gasteiger partial charge < -0.3 is 0 Å². The summed E-state index contributed by atoms with van der Waals surface area (Å²) in [6, 6.07) is 5.30. The molecule has 0 amide bonds. The highest BCUT2D eigenvalue weighted by Crippen LogP contribution is 2.25. The number of hydrogen-bond acceptors (Lipinski definition) is 2. The van der Waals surface area contributed by atoms with Crippen LogP contribution >= 0.6 is 15.9 Å². The van der Waals surface area contributed by atoms with Crippen molar-refractivity contribution in [2.75, 3.05) is 5.33 Å². The fourth-order valence-corrected chi connectivity index (χ4v) is 4.29. The van der Waals surface area contributed by atoms with E-state index in [1.54, 1.807) is 6.07 Å². The highest BCUT2D eigenvalue weighted by molar-refractivity contribution is 9.09. The molecule has 0 bridgehead atoms. The lowest BCUT2D eigenvalue weighted by molar-refractivity contribution is 0.293. The van der Waals surface area contributed by atoms with Crippen molar-refractivity contribution in [2.24, 2.45) is 5.41 Å². The maximum absolute atomic E-state index is 12.6. The quantitative estimate of drug-likeness (QED) is 0.811. The number of rotatable bonds is 5. The Balaban J connectivity index is 3.10. The van der Waals surface area contributed by atoms with Crippen molar-refractivity contribution in [2.45, 2.75) is 52.0 Å². The monoisotopic (exact) mass is 361 g/mol. The number of nitrogens with one attached hydrogen (secondary N) is 1. The second-order valence-corrected chi connectivity index (χ2v) is 8.76. The summed E-state index contributed by atoms with van der Waals surface area (Å²) in [5, 5.41) is 0.768. The molecular formula is C15H24BrNO2S. The molecule has 0 saturated carbocycles. The minimum atomic E-state index is -3.48. The summed E-state index contributed by atoms with van der Waals surface area (Å²) in [5.41, 5.74) is 1.72. The van der Waals surface area contributed by atoms with Crippen LogP contribution in [0.3, 0.4) is 0 Å². The highest BCUT2D eigenvalue weighted by Gasteiger charge is 2.29. The largest absolute Gasteiger partial charge is 0.241 e. The lowest BCUT2D eigenvalue weighted by Crippen LogP contribution is -2.44. The minimum absolute atomic E-state index is 0.104. The van der Waals surface area contributed by atoms with E-state index in [2.05, 4.69) is 20.7 Å². The van der Waals surface area contributed by atoms with Gasteiger partial charge in [-0.3, -0.25) is 0 Å². The molecule has 0 spiro atoms. The van der Waals surface area contributed by atoms with Gasteiger partial charge in [0.1, 0.15) is 0 Å². The third kappa shape index (κ3) is 4.57. The molecule has 0 aromatic heterocycles. The van der Waals surface area contributed by atoms with E-state index in [9.17, 15) is 8.42 Å². The lowest BCUT2D eigenvalue weighted by atomic mass is 9.86. The van der Waals surface area contributed by atoms with Gasteiger partial charge in [0.15, 0.2) is 0 Å². The molecule has 0 aliphatic heterocycles. The molecule has 20 heavy (non-hydrogen) atoms. The lowest BCUT2D eigenvalue weighted by Gasteiger charge is -2.31. The molecule has 1 aromatic carbocycles. The van der Waals surface area contributed by atoms with Gasteiger partial charge >= 0.3 is 0 Å². The first-order valence-electron chi connectivity index (χ1n) is 6.73. The Morgan fingerprint density at radius 2 is 1.85 bits per heavy atom. The standard InChI is InChI=1S/C15H24BrNO2S/c1-11-6-7-13(12(2)10-11)20(18,19)17-14(8-9-16)15(3,4)5/h6-7,10,14,17H,8-9H2,1-5H3. The zero-order chi connectivity index (χ0) is 15.6. The summed E-state index contributed by atoms with van der Waals surface area (Å²) in [4.78, 5) is 0.368. The van der Waals surface area contributed by atoms with Crippen molar-refractivity contribution in [3.63, 3.8) is 0 Å². The molecule has 0 radical (unpaired) electrons. The van der Waals surface area contributed by atoms with E-state index in [1.807, 2.05) is 46.8 Å². The van der Waals surface area contributed by atoms with Crippen LogP contribution < -0.4 is 4.72 Å². The average Bonchev–Trinajstić information content (AvgIpc) is 2.26. The fraction of sp³-hybridized carbons (Fsp3) is 0.600. The van der Waals surface area contributed by atoms with Crippen LogP contribution in [-0.2, 0) is 10.0 Å². The van der Waals surface area contributed by atoms with Crippen molar-refractivity contribution in [1.29, 1.82) is 0 Å². The molecule has 0 fully saturated rings. The summed E-state index contributed by atoms with van der Waals surface area (Å²) < 4.78 is 28.0. The first-order valence-corrected chi connectivity index (χ1v) is 9.34. The van der Waals surface area contributed by atoms with E-state index in [0.717, 1.165) is 22.9 Å². The first kappa shape index (κ1) is 17.7. The molecule has 1 atom stereocenters. The summed E-state index contributed by atoms with van der Waals surface area (Å²) in [5.74, 6) is 0. The molecule has 114 valence electrons. The van der Waals surface area contributed by atoms with Gasteiger partial charge in [0.2, 0.25) is 10.0 Å². The molecule has 0 aliphatic rings. The van der Waals surface area contributed by atoms with Gasteiger partial charge in [-0.15, -0.1) is 0 Å². The van der Waals surface area contributed by atoms with Gasteiger partial charge in [-0.1, -0.05) is 54.4 Å². The SMILES string of the molecule is Cc1ccc(S(=O)(=O)NC(CCBr)C(C)(C)C)c(C)c1. The van der Waals surface area contributed by atoms with Crippen LogP contribution in [0.4, 0.5) is 0 Å². The molecule has 3 nitrogen and oxygen atoms in total. The zero-order valence-corrected chi connectivity index (χ0v) is 15.2. The van der Waals surface area contributed by atoms with Crippen LogP contribution in [0.1, 0.15) is 38.3 Å². The van der Waals surface area contributed by atoms with E-state index in [0.29, 0.717) is 4.90 Å². The van der Waals surface area contributed by atoms with Crippen LogP contribution in [-0.4, -0.2) is 19.8 Å². The number of alkyl halides is 1.